The summed E-state index contributed by atoms with van der Waals surface area (Å²) in [7, 11) is 0. The Labute approximate surface area is 110 Å². The highest BCUT2D eigenvalue weighted by Crippen LogP contribution is 2.32. The first-order valence-corrected chi connectivity index (χ1v) is 6.99. The van der Waals surface area contributed by atoms with Gasteiger partial charge in [0.05, 0.1) is 11.6 Å². The molecule has 0 aliphatic heterocycles. The van der Waals surface area contributed by atoms with Crippen LogP contribution in [0.3, 0.4) is 0 Å². The maximum absolute atomic E-state index is 11.8. The van der Waals surface area contributed by atoms with Gasteiger partial charge < -0.3 is 15.2 Å². The van der Waals surface area contributed by atoms with Crippen LogP contribution < -0.4 is 5.32 Å². The quantitative estimate of drug-likeness (QED) is 0.817. The fraction of sp³-hybridized carbons (Fsp3) is 0.929. The number of alkyl carbamates (subject to hydrolysis) is 1. The summed E-state index contributed by atoms with van der Waals surface area (Å²) in [5.41, 5.74) is -1.26. The van der Waals surface area contributed by atoms with Gasteiger partial charge in [0.15, 0.2) is 0 Å². The first-order valence-electron chi connectivity index (χ1n) is 6.99. The molecule has 2 N–H and O–H groups in total. The molecule has 1 saturated carbocycles. The third-order valence-electron chi connectivity index (χ3n) is 3.47. The van der Waals surface area contributed by atoms with E-state index >= 15 is 0 Å². The predicted molar refractivity (Wildman–Crippen MR) is 71.5 cm³/mol. The fourth-order valence-corrected chi connectivity index (χ4v) is 2.58. The molecule has 0 aromatic carbocycles. The second-order valence-electron chi connectivity index (χ2n) is 6.27. The largest absolute Gasteiger partial charge is 0.444 e. The Morgan fingerprint density at radius 1 is 1.33 bits per heavy atom. The summed E-state index contributed by atoms with van der Waals surface area (Å²) in [6.45, 7) is 7.49. The lowest BCUT2D eigenvalue weighted by Crippen LogP contribution is -2.54. The van der Waals surface area contributed by atoms with Gasteiger partial charge in [-0.25, -0.2) is 4.79 Å². The van der Waals surface area contributed by atoms with E-state index < -0.39 is 17.3 Å². The number of aliphatic hydroxyl groups is 1. The minimum Gasteiger partial charge on any atom is -0.444 e. The maximum Gasteiger partial charge on any atom is 0.407 e. The Hall–Kier alpha value is -0.770. The van der Waals surface area contributed by atoms with Gasteiger partial charge in [0, 0.05) is 0 Å². The van der Waals surface area contributed by atoms with Crippen molar-refractivity contribution in [1.82, 2.24) is 5.32 Å². The van der Waals surface area contributed by atoms with E-state index in [-0.39, 0.29) is 6.04 Å². The topological polar surface area (TPSA) is 58.6 Å². The van der Waals surface area contributed by atoms with E-state index in [1.54, 1.807) is 0 Å². The molecule has 0 heterocycles. The van der Waals surface area contributed by atoms with Crippen LogP contribution in [0.5, 0.6) is 0 Å². The summed E-state index contributed by atoms with van der Waals surface area (Å²) in [6, 6.07) is -0.215. The average Bonchev–Trinajstić information content (AvgIpc) is 2.24. The Kier molecular flexibility index (Phi) is 5.02. The third kappa shape index (κ3) is 4.48. The van der Waals surface area contributed by atoms with E-state index in [1.807, 2.05) is 27.7 Å². The molecule has 1 fully saturated rings. The summed E-state index contributed by atoms with van der Waals surface area (Å²) in [6.07, 6.45) is 5.04. The lowest BCUT2D eigenvalue weighted by atomic mass is 9.78. The summed E-state index contributed by atoms with van der Waals surface area (Å²) >= 11 is 0. The Bertz CT molecular complexity index is 277. The summed E-state index contributed by atoms with van der Waals surface area (Å²) in [5, 5.41) is 13.4. The monoisotopic (exact) mass is 257 g/mol. The molecule has 0 saturated heterocycles. The van der Waals surface area contributed by atoms with Gasteiger partial charge in [-0.05, 0) is 40.0 Å². The highest BCUT2D eigenvalue weighted by molar-refractivity contribution is 5.68. The van der Waals surface area contributed by atoms with Gasteiger partial charge in [-0.3, -0.25) is 0 Å². The molecule has 0 radical (unpaired) electrons. The normalized spacial score (nSPS) is 21.2. The van der Waals surface area contributed by atoms with Crippen molar-refractivity contribution in [3.8, 4) is 0 Å². The van der Waals surface area contributed by atoms with Crippen LogP contribution in [0.2, 0.25) is 0 Å². The van der Waals surface area contributed by atoms with Gasteiger partial charge >= 0.3 is 6.09 Å². The maximum atomic E-state index is 11.8. The number of ether oxygens (including phenoxy) is 1. The van der Waals surface area contributed by atoms with Crippen LogP contribution in [0.1, 0.15) is 66.2 Å². The zero-order chi connectivity index (χ0) is 13.8. The molecule has 0 aromatic heterocycles. The molecule has 0 bridgehead atoms. The van der Waals surface area contributed by atoms with E-state index in [2.05, 4.69) is 5.32 Å². The van der Waals surface area contributed by atoms with Crippen LogP contribution in [0.4, 0.5) is 4.79 Å². The minimum absolute atomic E-state index is 0.215. The molecule has 4 nitrogen and oxygen atoms in total. The predicted octanol–water partition coefficient (Wildman–Crippen LogP) is 2.98. The van der Waals surface area contributed by atoms with E-state index in [0.29, 0.717) is 0 Å². The summed E-state index contributed by atoms with van der Waals surface area (Å²) in [4.78, 5) is 11.8. The van der Waals surface area contributed by atoms with Crippen molar-refractivity contribution in [3.05, 3.63) is 0 Å². The fourth-order valence-electron chi connectivity index (χ4n) is 2.58. The minimum atomic E-state index is -0.760. The number of amides is 1. The van der Waals surface area contributed by atoms with Crippen LogP contribution in [0, 0.1) is 0 Å². The Morgan fingerprint density at radius 2 is 1.89 bits per heavy atom. The van der Waals surface area contributed by atoms with E-state index in [4.69, 9.17) is 4.74 Å². The molecule has 1 rings (SSSR count). The third-order valence-corrected chi connectivity index (χ3v) is 3.47. The Balaban J connectivity index is 2.58. The number of hydrogen-bond donors (Lipinski definition) is 2. The first-order chi connectivity index (χ1) is 8.27. The van der Waals surface area contributed by atoms with Gasteiger partial charge in [-0.2, -0.15) is 0 Å². The molecule has 1 atom stereocenters. The van der Waals surface area contributed by atoms with Gasteiger partial charge in [0.25, 0.3) is 0 Å². The van der Waals surface area contributed by atoms with Crippen molar-refractivity contribution >= 4 is 6.09 Å². The van der Waals surface area contributed by atoms with Crippen molar-refractivity contribution in [2.24, 2.45) is 0 Å². The highest BCUT2D eigenvalue weighted by atomic mass is 16.6. The van der Waals surface area contributed by atoms with Gasteiger partial charge in [0.1, 0.15) is 5.60 Å². The molecular weight excluding hydrogens is 230 g/mol. The smallest absolute Gasteiger partial charge is 0.407 e. The van der Waals surface area contributed by atoms with Crippen LogP contribution in [0.25, 0.3) is 0 Å². The zero-order valence-corrected chi connectivity index (χ0v) is 12.1. The molecule has 18 heavy (non-hydrogen) atoms. The number of carbonyl (C=O) groups excluding carboxylic acids is 1. The number of nitrogens with one attached hydrogen (secondary N) is 1. The second kappa shape index (κ2) is 5.91. The summed E-state index contributed by atoms with van der Waals surface area (Å²) < 4.78 is 5.24. The number of hydrogen-bond acceptors (Lipinski definition) is 3. The van der Waals surface area contributed by atoms with Crippen LogP contribution in [0.15, 0.2) is 0 Å². The molecule has 0 aromatic rings. The lowest BCUT2D eigenvalue weighted by Gasteiger charge is -2.39. The molecule has 4 heteroatoms. The average molecular weight is 257 g/mol. The number of carbonyl (C=O) groups is 1. The van der Waals surface area contributed by atoms with Crippen LogP contribution in [-0.2, 0) is 4.74 Å². The van der Waals surface area contributed by atoms with Crippen molar-refractivity contribution in [3.63, 3.8) is 0 Å². The standard InChI is InChI=1S/C14H27NO3/c1-5-11(14(17)9-7-6-8-10-14)15-12(16)18-13(2,3)4/h11,17H,5-10H2,1-4H3,(H,15,16). The van der Waals surface area contributed by atoms with Gasteiger partial charge in [0.2, 0.25) is 0 Å². The molecule has 1 aliphatic carbocycles. The molecule has 106 valence electrons. The highest BCUT2D eigenvalue weighted by Gasteiger charge is 2.38. The lowest BCUT2D eigenvalue weighted by molar-refractivity contribution is -0.0352. The molecule has 1 aliphatic rings. The Morgan fingerprint density at radius 3 is 2.33 bits per heavy atom. The molecule has 1 unspecified atom stereocenters. The molecule has 1 amide bonds. The SMILES string of the molecule is CCC(NC(=O)OC(C)(C)C)C1(O)CCCCC1. The van der Waals surface area contributed by atoms with E-state index in [1.165, 1.54) is 6.42 Å². The molecule has 0 spiro atoms. The van der Waals surface area contributed by atoms with Crippen molar-refractivity contribution < 1.29 is 14.6 Å². The van der Waals surface area contributed by atoms with Crippen molar-refractivity contribution in [2.75, 3.05) is 0 Å². The van der Waals surface area contributed by atoms with Crippen molar-refractivity contribution in [2.45, 2.75) is 83.5 Å². The van der Waals surface area contributed by atoms with Crippen molar-refractivity contribution in [1.29, 1.82) is 0 Å². The van der Waals surface area contributed by atoms with Crippen LogP contribution in [-0.4, -0.2) is 28.4 Å². The molecular formula is C14H27NO3. The van der Waals surface area contributed by atoms with E-state index in [0.717, 1.165) is 32.1 Å². The zero-order valence-electron chi connectivity index (χ0n) is 12.1. The van der Waals surface area contributed by atoms with Gasteiger partial charge in [-0.1, -0.05) is 26.2 Å². The van der Waals surface area contributed by atoms with Gasteiger partial charge in [-0.15, -0.1) is 0 Å². The second-order valence-corrected chi connectivity index (χ2v) is 6.27. The van der Waals surface area contributed by atoms with E-state index in [9.17, 15) is 9.90 Å². The first kappa shape index (κ1) is 15.3. The number of rotatable bonds is 3. The van der Waals surface area contributed by atoms with Crippen LogP contribution >= 0.6 is 0 Å². The summed E-state index contributed by atoms with van der Waals surface area (Å²) in [5.74, 6) is 0.